The molecule has 0 heterocycles. The second-order valence-electron chi connectivity index (χ2n) is 6.03. The second kappa shape index (κ2) is 12.2. The normalized spacial score (nSPS) is 11.7. The van der Waals surface area contributed by atoms with E-state index in [9.17, 15) is 4.79 Å². The number of amides is 1. The first-order valence-electron chi connectivity index (χ1n) is 8.29. The van der Waals surface area contributed by atoms with E-state index < -0.39 is 0 Å². The van der Waals surface area contributed by atoms with E-state index in [1.807, 2.05) is 24.3 Å². The fourth-order valence-electron chi connectivity index (χ4n) is 2.38. The number of carbonyl (C=O) groups is 1. The van der Waals surface area contributed by atoms with Crippen molar-refractivity contribution in [1.82, 2.24) is 5.32 Å². The van der Waals surface area contributed by atoms with Crippen molar-refractivity contribution in [3.8, 4) is 5.75 Å². The van der Waals surface area contributed by atoms with Gasteiger partial charge < -0.3 is 15.8 Å². The number of hydrogen-bond donors (Lipinski definition) is 2. The molecule has 0 bridgehead atoms. The average Bonchev–Trinajstić information content (AvgIpc) is 2.50. The average molecular weight is 343 g/mol. The first kappa shape index (κ1) is 21.7. The Kier molecular flexibility index (Phi) is 11.5. The molecule has 3 N–H and O–H groups in total. The van der Waals surface area contributed by atoms with Crippen LogP contribution in [0.3, 0.4) is 0 Å². The zero-order chi connectivity index (χ0) is 16.4. The van der Waals surface area contributed by atoms with Gasteiger partial charge in [-0.25, -0.2) is 0 Å². The number of para-hydroxylation sites is 1. The lowest BCUT2D eigenvalue weighted by Crippen LogP contribution is -2.30. The smallest absolute Gasteiger partial charge is 0.220 e. The second-order valence-corrected chi connectivity index (χ2v) is 6.03. The largest absolute Gasteiger partial charge is 0.493 e. The molecule has 1 amide bonds. The van der Waals surface area contributed by atoms with Crippen molar-refractivity contribution in [2.45, 2.75) is 52.5 Å². The highest BCUT2D eigenvalue weighted by Gasteiger charge is 2.19. The van der Waals surface area contributed by atoms with E-state index in [0.717, 1.165) is 24.2 Å². The maximum Gasteiger partial charge on any atom is 0.220 e. The van der Waals surface area contributed by atoms with E-state index in [2.05, 4.69) is 26.1 Å². The predicted octanol–water partition coefficient (Wildman–Crippen LogP) is 3.84. The summed E-state index contributed by atoms with van der Waals surface area (Å²) in [6.45, 7) is 7.64. The lowest BCUT2D eigenvalue weighted by atomic mass is 9.96. The van der Waals surface area contributed by atoms with E-state index in [-0.39, 0.29) is 24.4 Å². The van der Waals surface area contributed by atoms with Gasteiger partial charge in [-0.2, -0.15) is 0 Å². The number of nitrogens with two attached hydrogens (primary N) is 1. The Bertz CT molecular complexity index is 452. The Morgan fingerprint density at radius 2 is 2.00 bits per heavy atom. The van der Waals surface area contributed by atoms with Crippen LogP contribution in [-0.2, 0) is 4.79 Å². The lowest BCUT2D eigenvalue weighted by Gasteiger charge is -2.23. The first-order chi connectivity index (χ1) is 10.6. The molecule has 0 saturated carbocycles. The van der Waals surface area contributed by atoms with Crippen LogP contribution in [0.5, 0.6) is 5.75 Å². The summed E-state index contributed by atoms with van der Waals surface area (Å²) in [5, 5.41) is 3.14. The summed E-state index contributed by atoms with van der Waals surface area (Å²) in [6.07, 6.45) is 3.05. The Morgan fingerprint density at radius 3 is 2.61 bits per heavy atom. The molecule has 0 aliphatic carbocycles. The number of rotatable bonds is 10. The molecule has 132 valence electrons. The molecule has 1 aromatic carbocycles. The molecule has 4 nitrogen and oxygen atoms in total. The highest BCUT2D eigenvalue weighted by atomic mass is 35.5. The van der Waals surface area contributed by atoms with Gasteiger partial charge in [-0.05, 0) is 37.8 Å². The van der Waals surface area contributed by atoms with Crippen LogP contribution in [0.2, 0.25) is 0 Å². The molecule has 0 aliphatic rings. The molecule has 1 atom stereocenters. The van der Waals surface area contributed by atoms with Crippen molar-refractivity contribution < 1.29 is 9.53 Å². The van der Waals surface area contributed by atoms with Gasteiger partial charge in [0.15, 0.2) is 0 Å². The lowest BCUT2D eigenvalue weighted by molar-refractivity contribution is -0.122. The Labute approximate surface area is 146 Å². The van der Waals surface area contributed by atoms with Crippen LogP contribution >= 0.6 is 12.4 Å². The van der Waals surface area contributed by atoms with E-state index in [1.54, 1.807) is 0 Å². The van der Waals surface area contributed by atoms with Crippen LogP contribution in [0.4, 0.5) is 0 Å². The van der Waals surface area contributed by atoms with Gasteiger partial charge >= 0.3 is 0 Å². The minimum absolute atomic E-state index is 0. The summed E-state index contributed by atoms with van der Waals surface area (Å²) in [5.41, 5.74) is 6.54. The third-order valence-corrected chi connectivity index (χ3v) is 3.41. The third kappa shape index (κ3) is 8.24. The molecule has 1 unspecified atom stereocenters. The van der Waals surface area contributed by atoms with Crippen LogP contribution < -0.4 is 15.8 Å². The number of carbonyl (C=O) groups excluding carboxylic acids is 1. The molecular formula is C18H31ClN2O2. The van der Waals surface area contributed by atoms with Crippen LogP contribution in [0.1, 0.15) is 58.1 Å². The Morgan fingerprint density at radius 1 is 1.30 bits per heavy atom. The zero-order valence-electron chi connectivity index (χ0n) is 14.5. The number of hydrogen-bond acceptors (Lipinski definition) is 3. The van der Waals surface area contributed by atoms with Gasteiger partial charge in [-0.1, -0.05) is 39.0 Å². The van der Waals surface area contributed by atoms with Gasteiger partial charge in [-0.3, -0.25) is 4.79 Å². The zero-order valence-corrected chi connectivity index (χ0v) is 15.3. The highest BCUT2D eigenvalue weighted by molar-refractivity contribution is 5.85. The molecule has 1 aromatic rings. The number of benzene rings is 1. The van der Waals surface area contributed by atoms with Crippen molar-refractivity contribution >= 4 is 18.3 Å². The van der Waals surface area contributed by atoms with E-state index in [1.165, 1.54) is 0 Å². The van der Waals surface area contributed by atoms with E-state index in [4.69, 9.17) is 10.5 Å². The van der Waals surface area contributed by atoms with Crippen LogP contribution in [0, 0.1) is 5.92 Å². The first-order valence-corrected chi connectivity index (χ1v) is 8.29. The van der Waals surface area contributed by atoms with Crippen molar-refractivity contribution in [3.63, 3.8) is 0 Å². The molecule has 0 spiro atoms. The molecule has 0 fully saturated rings. The molecule has 23 heavy (non-hydrogen) atoms. The van der Waals surface area contributed by atoms with Crippen molar-refractivity contribution in [3.05, 3.63) is 29.8 Å². The van der Waals surface area contributed by atoms with Gasteiger partial charge in [0, 0.05) is 12.0 Å². The van der Waals surface area contributed by atoms with E-state index >= 15 is 0 Å². The summed E-state index contributed by atoms with van der Waals surface area (Å²) in [4.78, 5) is 12.1. The van der Waals surface area contributed by atoms with Crippen molar-refractivity contribution in [1.29, 1.82) is 0 Å². The number of nitrogens with one attached hydrogen (secondary N) is 1. The van der Waals surface area contributed by atoms with Gasteiger partial charge in [0.05, 0.1) is 12.6 Å². The van der Waals surface area contributed by atoms with Crippen molar-refractivity contribution in [2.75, 3.05) is 13.2 Å². The molecule has 0 aliphatic heterocycles. The minimum Gasteiger partial charge on any atom is -0.493 e. The van der Waals surface area contributed by atoms with Crippen molar-refractivity contribution in [2.24, 2.45) is 11.7 Å². The Balaban J connectivity index is 0.00000484. The summed E-state index contributed by atoms with van der Waals surface area (Å²) < 4.78 is 5.84. The van der Waals surface area contributed by atoms with Crippen LogP contribution in [-0.4, -0.2) is 19.1 Å². The third-order valence-electron chi connectivity index (χ3n) is 3.41. The SMILES string of the molecule is CCCOc1ccccc1C(CC(C)C)NC(=O)CCCN.Cl. The highest BCUT2D eigenvalue weighted by Crippen LogP contribution is 2.29. The topological polar surface area (TPSA) is 64.3 Å². The standard InChI is InChI=1S/C18H30N2O2.ClH/c1-4-12-22-17-9-6-5-8-15(17)16(13-14(2)3)20-18(21)10-7-11-19;/h5-6,8-9,14,16H,4,7,10-13,19H2,1-3H3,(H,20,21);1H. The van der Waals surface area contributed by atoms with Gasteiger partial charge in [-0.15, -0.1) is 12.4 Å². The van der Waals surface area contributed by atoms with Gasteiger partial charge in [0.25, 0.3) is 0 Å². The maximum absolute atomic E-state index is 12.1. The maximum atomic E-state index is 12.1. The summed E-state index contributed by atoms with van der Waals surface area (Å²) in [6, 6.07) is 7.97. The fraction of sp³-hybridized carbons (Fsp3) is 0.611. The number of halogens is 1. The molecule has 0 saturated heterocycles. The fourth-order valence-corrected chi connectivity index (χ4v) is 2.38. The number of ether oxygens (including phenoxy) is 1. The van der Waals surface area contributed by atoms with Gasteiger partial charge in [0.2, 0.25) is 5.91 Å². The van der Waals surface area contributed by atoms with Crippen LogP contribution in [0.15, 0.2) is 24.3 Å². The Hall–Kier alpha value is -1.26. The monoisotopic (exact) mass is 342 g/mol. The quantitative estimate of drug-likeness (QED) is 0.679. The van der Waals surface area contributed by atoms with E-state index in [0.29, 0.717) is 31.9 Å². The summed E-state index contributed by atoms with van der Waals surface area (Å²) in [5.74, 6) is 1.41. The molecule has 5 heteroatoms. The van der Waals surface area contributed by atoms with Crippen LogP contribution in [0.25, 0.3) is 0 Å². The minimum atomic E-state index is -0.0154. The summed E-state index contributed by atoms with van der Waals surface area (Å²) >= 11 is 0. The molecule has 1 rings (SSSR count). The van der Waals surface area contributed by atoms with Gasteiger partial charge in [0.1, 0.15) is 5.75 Å². The molecule has 0 radical (unpaired) electrons. The summed E-state index contributed by atoms with van der Waals surface area (Å²) in [7, 11) is 0. The molecule has 0 aromatic heterocycles. The predicted molar refractivity (Wildman–Crippen MR) is 98.1 cm³/mol. The molecular weight excluding hydrogens is 312 g/mol.